The molecule has 2 aromatic carbocycles. The number of aliphatic imine (C=N–C) groups is 1. The summed E-state index contributed by atoms with van der Waals surface area (Å²) in [6.45, 7) is 4.69. The van der Waals surface area contributed by atoms with Crippen molar-refractivity contribution >= 4 is 23.6 Å². The average molecular weight is 337 g/mol. The highest BCUT2D eigenvalue weighted by molar-refractivity contribution is 6.31. The first kappa shape index (κ1) is 17.4. The van der Waals surface area contributed by atoms with Crippen LogP contribution in [-0.4, -0.2) is 24.8 Å². The summed E-state index contributed by atoms with van der Waals surface area (Å²) in [4.78, 5) is 6.23. The minimum Gasteiger partial charge on any atom is -0.366 e. The fraction of sp³-hybridized carbons (Fsp3) is 0.278. The summed E-state index contributed by atoms with van der Waals surface area (Å²) in [5, 5.41) is 0.464. The summed E-state index contributed by atoms with van der Waals surface area (Å²) in [7, 11) is 1.89. The highest BCUT2D eigenvalue weighted by atomic mass is 35.5. The normalized spacial score (nSPS) is 11.2. The number of hydrogen-bond acceptors (Lipinski definition) is 1. The summed E-state index contributed by atoms with van der Waals surface area (Å²) < 4.78 is 27.3. The Kier molecular flexibility index (Phi) is 5.72. The number of nitrogens with zero attached hydrogens (tertiary/aromatic N) is 2. The van der Waals surface area contributed by atoms with Crippen LogP contribution in [0.3, 0.4) is 0 Å². The van der Waals surface area contributed by atoms with Crippen LogP contribution >= 0.6 is 11.6 Å². The summed E-state index contributed by atoms with van der Waals surface area (Å²) in [6, 6.07) is 7.03. The van der Waals surface area contributed by atoms with E-state index in [1.807, 2.05) is 25.8 Å². The minimum absolute atomic E-state index is 0.353. The van der Waals surface area contributed by atoms with E-state index in [0.717, 1.165) is 17.7 Å². The van der Waals surface area contributed by atoms with Gasteiger partial charge in [-0.3, -0.25) is 0 Å². The molecule has 0 spiro atoms. The summed E-state index contributed by atoms with van der Waals surface area (Å²) in [5.41, 5.74) is 2.78. The average Bonchev–Trinajstić information content (AvgIpc) is 2.52. The van der Waals surface area contributed by atoms with Gasteiger partial charge in [-0.25, -0.2) is 13.8 Å². The molecule has 0 amide bonds. The van der Waals surface area contributed by atoms with E-state index >= 15 is 0 Å². The lowest BCUT2D eigenvalue weighted by Gasteiger charge is -2.12. The quantitative estimate of drug-likeness (QED) is 0.546. The standard InChI is InChI=1S/C18H19ClF2N2/c1-4-23(3)11-22-18-10-16(21)8-13(12(18)2)7-14-9-15(20)5-6-17(14)19/h5-6,8-11H,4,7H2,1-3H3/b22-11-. The number of halogens is 3. The van der Waals surface area contributed by atoms with Crippen molar-refractivity contribution in [2.45, 2.75) is 20.3 Å². The molecule has 0 bridgehead atoms. The maximum absolute atomic E-state index is 13.9. The molecule has 0 radical (unpaired) electrons. The van der Waals surface area contributed by atoms with E-state index in [2.05, 4.69) is 4.99 Å². The fourth-order valence-corrected chi connectivity index (χ4v) is 2.35. The largest absolute Gasteiger partial charge is 0.366 e. The van der Waals surface area contributed by atoms with Gasteiger partial charge in [-0.05, 0) is 67.3 Å². The predicted molar refractivity (Wildman–Crippen MR) is 91.8 cm³/mol. The van der Waals surface area contributed by atoms with Crippen LogP contribution in [-0.2, 0) is 6.42 Å². The molecule has 5 heteroatoms. The molecule has 0 unspecified atom stereocenters. The molecule has 0 aromatic heterocycles. The second-order valence-corrected chi connectivity index (χ2v) is 5.85. The Morgan fingerprint density at radius 1 is 1.13 bits per heavy atom. The SMILES string of the molecule is CCN(C)/C=N\c1cc(F)cc(Cc2cc(F)ccc2Cl)c1C. The fourth-order valence-electron chi connectivity index (χ4n) is 2.16. The van der Waals surface area contributed by atoms with E-state index in [9.17, 15) is 8.78 Å². The summed E-state index contributed by atoms with van der Waals surface area (Å²) >= 11 is 6.10. The monoisotopic (exact) mass is 336 g/mol. The zero-order chi connectivity index (χ0) is 17.0. The van der Waals surface area contributed by atoms with Gasteiger partial charge in [0, 0.05) is 18.6 Å². The van der Waals surface area contributed by atoms with Gasteiger partial charge in [0.05, 0.1) is 12.0 Å². The Bertz CT molecular complexity index is 729. The number of rotatable bonds is 5. The molecule has 0 aliphatic carbocycles. The van der Waals surface area contributed by atoms with Crippen molar-refractivity contribution in [3.8, 4) is 0 Å². The third-order valence-corrected chi connectivity index (χ3v) is 4.10. The van der Waals surface area contributed by atoms with E-state index in [0.29, 0.717) is 22.7 Å². The van der Waals surface area contributed by atoms with Crippen LogP contribution in [0.15, 0.2) is 35.3 Å². The van der Waals surface area contributed by atoms with E-state index < -0.39 is 0 Å². The van der Waals surface area contributed by atoms with E-state index in [4.69, 9.17) is 11.6 Å². The van der Waals surface area contributed by atoms with Crippen LogP contribution < -0.4 is 0 Å². The first-order chi connectivity index (χ1) is 10.9. The second-order valence-electron chi connectivity index (χ2n) is 5.44. The molecule has 2 nitrogen and oxygen atoms in total. The molecular weight excluding hydrogens is 318 g/mol. The highest BCUT2D eigenvalue weighted by Gasteiger charge is 2.10. The minimum atomic E-state index is -0.371. The summed E-state index contributed by atoms with van der Waals surface area (Å²) in [5.74, 6) is -0.731. The van der Waals surface area contributed by atoms with Gasteiger partial charge in [0.25, 0.3) is 0 Å². The van der Waals surface area contributed by atoms with Crippen LogP contribution in [0.2, 0.25) is 5.02 Å². The van der Waals surface area contributed by atoms with E-state index in [-0.39, 0.29) is 11.6 Å². The molecular formula is C18H19ClF2N2. The first-order valence-electron chi connectivity index (χ1n) is 7.38. The van der Waals surface area contributed by atoms with Gasteiger partial charge in [0.15, 0.2) is 0 Å². The Labute approximate surface area is 140 Å². The second kappa shape index (κ2) is 7.55. The Hall–Kier alpha value is -1.94. The van der Waals surface area contributed by atoms with Crippen LogP contribution in [0, 0.1) is 18.6 Å². The molecule has 0 heterocycles. The lowest BCUT2D eigenvalue weighted by Crippen LogP contribution is -2.14. The summed E-state index contributed by atoms with van der Waals surface area (Å²) in [6.07, 6.45) is 2.02. The molecule has 23 heavy (non-hydrogen) atoms. The van der Waals surface area contributed by atoms with Crippen molar-refractivity contribution in [1.29, 1.82) is 0 Å². The van der Waals surface area contributed by atoms with Crippen LogP contribution in [0.4, 0.5) is 14.5 Å². The number of benzene rings is 2. The van der Waals surface area contributed by atoms with Crippen LogP contribution in [0.25, 0.3) is 0 Å². The maximum Gasteiger partial charge on any atom is 0.125 e. The Balaban J connectivity index is 2.37. The van der Waals surface area contributed by atoms with Crippen molar-refractivity contribution in [3.05, 3.63) is 63.7 Å². The number of hydrogen-bond donors (Lipinski definition) is 0. The predicted octanol–water partition coefficient (Wildman–Crippen LogP) is 5.13. The van der Waals surface area contributed by atoms with Gasteiger partial charge in [0.1, 0.15) is 11.6 Å². The molecule has 2 aromatic rings. The van der Waals surface area contributed by atoms with Gasteiger partial charge in [-0.2, -0.15) is 0 Å². The molecule has 0 aliphatic rings. The van der Waals surface area contributed by atoms with Gasteiger partial charge in [-0.1, -0.05) is 11.6 Å². The van der Waals surface area contributed by atoms with Crippen LogP contribution in [0.1, 0.15) is 23.6 Å². The van der Waals surface area contributed by atoms with E-state index in [1.165, 1.54) is 30.3 Å². The molecule has 0 fully saturated rings. The molecule has 2 rings (SSSR count). The molecule has 0 atom stereocenters. The molecule has 122 valence electrons. The van der Waals surface area contributed by atoms with Gasteiger partial charge < -0.3 is 4.90 Å². The van der Waals surface area contributed by atoms with Crippen molar-refractivity contribution in [2.75, 3.05) is 13.6 Å². The van der Waals surface area contributed by atoms with Gasteiger partial charge in [-0.15, -0.1) is 0 Å². The topological polar surface area (TPSA) is 15.6 Å². The van der Waals surface area contributed by atoms with Crippen molar-refractivity contribution < 1.29 is 8.78 Å². The molecule has 0 aliphatic heterocycles. The lowest BCUT2D eigenvalue weighted by molar-refractivity contribution is 0.552. The lowest BCUT2D eigenvalue weighted by atomic mass is 9.99. The third kappa shape index (κ3) is 4.52. The molecule has 0 saturated carbocycles. The van der Waals surface area contributed by atoms with Crippen molar-refractivity contribution in [2.24, 2.45) is 4.99 Å². The molecule has 0 saturated heterocycles. The van der Waals surface area contributed by atoms with Crippen LogP contribution in [0.5, 0.6) is 0 Å². The Morgan fingerprint density at radius 2 is 1.83 bits per heavy atom. The molecule has 0 N–H and O–H groups in total. The van der Waals surface area contributed by atoms with Gasteiger partial charge in [0.2, 0.25) is 0 Å². The first-order valence-corrected chi connectivity index (χ1v) is 7.76. The smallest absolute Gasteiger partial charge is 0.125 e. The zero-order valence-electron chi connectivity index (χ0n) is 13.4. The zero-order valence-corrected chi connectivity index (χ0v) is 14.2. The Morgan fingerprint density at radius 3 is 2.52 bits per heavy atom. The van der Waals surface area contributed by atoms with Crippen molar-refractivity contribution in [3.63, 3.8) is 0 Å². The van der Waals surface area contributed by atoms with E-state index in [1.54, 1.807) is 6.34 Å². The highest BCUT2D eigenvalue weighted by Crippen LogP contribution is 2.28. The van der Waals surface area contributed by atoms with Gasteiger partial charge >= 0.3 is 0 Å². The van der Waals surface area contributed by atoms with Crippen molar-refractivity contribution in [1.82, 2.24) is 4.90 Å². The maximum atomic E-state index is 13.9. The third-order valence-electron chi connectivity index (χ3n) is 3.73.